The molecular weight excluding hydrogens is 285 g/mol. The van der Waals surface area contributed by atoms with Crippen LogP contribution in [0.25, 0.3) is 0 Å². The van der Waals surface area contributed by atoms with Crippen LogP contribution in [0.5, 0.6) is 5.75 Å². The fourth-order valence-electron chi connectivity index (χ4n) is 1.59. The monoisotopic (exact) mass is 307 g/mol. The summed E-state index contributed by atoms with van der Waals surface area (Å²) in [6.45, 7) is 8.06. The van der Waals surface area contributed by atoms with E-state index in [-0.39, 0.29) is 5.82 Å². The quantitative estimate of drug-likeness (QED) is 0.684. The fourth-order valence-corrected chi connectivity index (χ4v) is 1.59. The highest BCUT2D eigenvalue weighted by Gasteiger charge is 2.15. The third kappa shape index (κ3) is 7.53. The number of hydrogen-bond donors (Lipinski definition) is 1. The third-order valence-electron chi connectivity index (χ3n) is 2.33. The third-order valence-corrected chi connectivity index (χ3v) is 2.33. The number of alkyl carbamates (subject to hydrolysis) is 1. The summed E-state index contributed by atoms with van der Waals surface area (Å²) in [5.41, 5.74) is 0.0215. The SMILES string of the molecule is CCOc1cc(F)cc(C#CCCNC(=O)OC(C)(C)C)c1. The van der Waals surface area contributed by atoms with Gasteiger partial charge in [-0.3, -0.25) is 0 Å². The maximum Gasteiger partial charge on any atom is 0.407 e. The van der Waals surface area contributed by atoms with Gasteiger partial charge in [0.25, 0.3) is 0 Å². The average Bonchev–Trinajstić information content (AvgIpc) is 2.36. The maximum atomic E-state index is 13.4. The first-order valence-electron chi connectivity index (χ1n) is 7.19. The van der Waals surface area contributed by atoms with Crippen LogP contribution in [0.4, 0.5) is 9.18 Å². The van der Waals surface area contributed by atoms with Gasteiger partial charge in [0.05, 0.1) is 6.61 Å². The van der Waals surface area contributed by atoms with Crippen LogP contribution in [0.2, 0.25) is 0 Å². The Morgan fingerprint density at radius 1 is 1.32 bits per heavy atom. The van der Waals surface area contributed by atoms with Gasteiger partial charge >= 0.3 is 6.09 Å². The van der Waals surface area contributed by atoms with Gasteiger partial charge in [-0.25, -0.2) is 9.18 Å². The molecule has 0 aromatic heterocycles. The van der Waals surface area contributed by atoms with E-state index >= 15 is 0 Å². The van der Waals surface area contributed by atoms with E-state index in [0.29, 0.717) is 30.9 Å². The Kier molecular flexibility index (Phi) is 6.71. The minimum absolute atomic E-state index is 0.371. The summed E-state index contributed by atoms with van der Waals surface area (Å²) >= 11 is 0. The maximum absolute atomic E-state index is 13.4. The Morgan fingerprint density at radius 3 is 2.68 bits per heavy atom. The Balaban J connectivity index is 2.46. The summed E-state index contributed by atoms with van der Waals surface area (Å²) in [4.78, 5) is 11.4. The predicted octanol–water partition coefficient (Wildman–Crippen LogP) is 3.49. The summed E-state index contributed by atoms with van der Waals surface area (Å²) in [5, 5.41) is 2.61. The molecule has 0 aliphatic carbocycles. The van der Waals surface area contributed by atoms with E-state index in [9.17, 15) is 9.18 Å². The minimum atomic E-state index is -0.521. The second-order valence-corrected chi connectivity index (χ2v) is 5.59. The Hall–Kier alpha value is -2.22. The van der Waals surface area contributed by atoms with Crippen molar-refractivity contribution in [1.82, 2.24) is 5.32 Å². The lowest BCUT2D eigenvalue weighted by atomic mass is 10.2. The van der Waals surface area contributed by atoms with Crippen molar-refractivity contribution in [2.75, 3.05) is 13.2 Å². The van der Waals surface area contributed by atoms with Gasteiger partial charge in [-0.05, 0) is 39.8 Å². The molecule has 0 aliphatic heterocycles. The summed E-state index contributed by atoms with van der Waals surface area (Å²) < 4.78 is 23.7. The van der Waals surface area contributed by atoms with Crippen molar-refractivity contribution in [1.29, 1.82) is 0 Å². The van der Waals surface area contributed by atoms with Crippen LogP contribution in [0.1, 0.15) is 39.7 Å². The van der Waals surface area contributed by atoms with Gasteiger partial charge in [-0.15, -0.1) is 0 Å². The highest BCUT2D eigenvalue weighted by molar-refractivity contribution is 5.67. The van der Waals surface area contributed by atoms with Crippen molar-refractivity contribution in [3.05, 3.63) is 29.6 Å². The van der Waals surface area contributed by atoms with E-state index in [0.717, 1.165) is 0 Å². The fraction of sp³-hybridized carbons (Fsp3) is 0.471. The largest absolute Gasteiger partial charge is 0.494 e. The van der Waals surface area contributed by atoms with Crippen LogP contribution < -0.4 is 10.1 Å². The van der Waals surface area contributed by atoms with Crippen molar-refractivity contribution >= 4 is 6.09 Å². The second kappa shape index (κ2) is 8.28. The topological polar surface area (TPSA) is 47.6 Å². The van der Waals surface area contributed by atoms with E-state index < -0.39 is 11.7 Å². The molecule has 1 N–H and O–H groups in total. The minimum Gasteiger partial charge on any atom is -0.494 e. The first-order valence-corrected chi connectivity index (χ1v) is 7.19. The molecule has 0 heterocycles. The molecule has 0 saturated heterocycles. The molecule has 1 amide bonds. The van der Waals surface area contributed by atoms with Crippen LogP contribution in [0.15, 0.2) is 18.2 Å². The molecule has 0 bridgehead atoms. The van der Waals surface area contributed by atoms with E-state index in [1.807, 2.05) is 6.92 Å². The molecule has 120 valence electrons. The van der Waals surface area contributed by atoms with Crippen LogP contribution >= 0.6 is 0 Å². The van der Waals surface area contributed by atoms with E-state index in [1.165, 1.54) is 12.1 Å². The van der Waals surface area contributed by atoms with Gasteiger partial charge < -0.3 is 14.8 Å². The zero-order valence-electron chi connectivity index (χ0n) is 13.5. The molecule has 0 atom stereocenters. The van der Waals surface area contributed by atoms with Gasteiger partial charge in [0, 0.05) is 24.6 Å². The number of amides is 1. The highest BCUT2D eigenvalue weighted by Crippen LogP contribution is 2.15. The summed E-state index contributed by atoms with van der Waals surface area (Å²) in [6, 6.07) is 4.34. The Bertz CT molecular complexity index is 567. The molecule has 1 aromatic rings. The van der Waals surface area contributed by atoms with E-state index in [4.69, 9.17) is 9.47 Å². The lowest BCUT2D eigenvalue weighted by molar-refractivity contribution is 0.0529. The van der Waals surface area contributed by atoms with Gasteiger partial charge in [0.2, 0.25) is 0 Å². The first-order chi connectivity index (χ1) is 10.3. The molecule has 0 fully saturated rings. The first kappa shape index (κ1) is 17.8. The molecule has 22 heavy (non-hydrogen) atoms. The lowest BCUT2D eigenvalue weighted by Crippen LogP contribution is -2.32. The number of ether oxygens (including phenoxy) is 2. The Labute approximate surface area is 131 Å². The molecule has 1 rings (SSSR count). The molecule has 0 radical (unpaired) electrons. The normalized spacial score (nSPS) is 10.4. The molecule has 0 spiro atoms. The van der Waals surface area contributed by atoms with Crippen molar-refractivity contribution in [2.24, 2.45) is 0 Å². The molecule has 0 saturated carbocycles. The smallest absolute Gasteiger partial charge is 0.407 e. The molecule has 0 unspecified atom stereocenters. The number of carbonyl (C=O) groups is 1. The van der Waals surface area contributed by atoms with Crippen molar-refractivity contribution < 1.29 is 18.7 Å². The van der Waals surface area contributed by atoms with Crippen LogP contribution in [-0.2, 0) is 4.74 Å². The lowest BCUT2D eigenvalue weighted by Gasteiger charge is -2.19. The number of benzene rings is 1. The van der Waals surface area contributed by atoms with Crippen LogP contribution in [0, 0.1) is 17.7 Å². The highest BCUT2D eigenvalue weighted by atomic mass is 19.1. The number of nitrogens with one attached hydrogen (secondary N) is 1. The predicted molar refractivity (Wildman–Crippen MR) is 83.3 cm³/mol. The summed E-state index contributed by atoms with van der Waals surface area (Å²) in [5.74, 6) is 5.79. The average molecular weight is 307 g/mol. The van der Waals surface area contributed by atoms with Crippen molar-refractivity contribution in [3.63, 3.8) is 0 Å². The number of rotatable bonds is 4. The summed E-state index contributed by atoms with van der Waals surface area (Å²) in [7, 11) is 0. The number of carbonyl (C=O) groups excluding carboxylic acids is 1. The molecular formula is C17H22FNO3. The molecule has 1 aromatic carbocycles. The second-order valence-electron chi connectivity index (χ2n) is 5.59. The molecule has 4 nitrogen and oxygen atoms in total. The van der Waals surface area contributed by atoms with Crippen LogP contribution in [0.3, 0.4) is 0 Å². The number of hydrogen-bond acceptors (Lipinski definition) is 3. The van der Waals surface area contributed by atoms with Gasteiger partial charge in [0.1, 0.15) is 17.2 Å². The summed E-state index contributed by atoms with van der Waals surface area (Å²) in [6.07, 6.45) is -0.0293. The van der Waals surface area contributed by atoms with Crippen molar-refractivity contribution in [2.45, 2.75) is 39.7 Å². The van der Waals surface area contributed by atoms with Gasteiger partial charge in [-0.2, -0.15) is 0 Å². The van der Waals surface area contributed by atoms with Gasteiger partial charge in [-0.1, -0.05) is 11.8 Å². The van der Waals surface area contributed by atoms with E-state index in [1.54, 1.807) is 26.8 Å². The zero-order valence-corrected chi connectivity index (χ0v) is 13.5. The molecule has 0 aliphatic rings. The van der Waals surface area contributed by atoms with Crippen LogP contribution in [-0.4, -0.2) is 24.8 Å². The van der Waals surface area contributed by atoms with Gasteiger partial charge in [0.15, 0.2) is 0 Å². The van der Waals surface area contributed by atoms with E-state index in [2.05, 4.69) is 17.2 Å². The zero-order chi connectivity index (χ0) is 16.6. The molecule has 5 heteroatoms. The standard InChI is InChI=1S/C17H22FNO3/c1-5-21-15-11-13(10-14(18)12-15)8-6-7-9-19-16(20)22-17(2,3)4/h10-12H,5,7,9H2,1-4H3,(H,19,20). The number of halogens is 1. The van der Waals surface area contributed by atoms with Crippen molar-refractivity contribution in [3.8, 4) is 17.6 Å². The Morgan fingerprint density at radius 2 is 2.05 bits per heavy atom.